The minimum atomic E-state index is -0.0191. The highest BCUT2D eigenvalue weighted by Gasteiger charge is 2.40. The molecule has 1 aliphatic carbocycles. The molecule has 0 heterocycles. The molecule has 0 aliphatic heterocycles. The fourth-order valence-corrected chi connectivity index (χ4v) is 2.63. The van der Waals surface area contributed by atoms with Gasteiger partial charge in [-0.3, -0.25) is 4.79 Å². The van der Waals surface area contributed by atoms with Gasteiger partial charge in [0, 0.05) is 5.41 Å². The van der Waals surface area contributed by atoms with E-state index in [-0.39, 0.29) is 23.4 Å². The average Bonchev–Trinajstić information content (AvgIpc) is 2.21. The van der Waals surface area contributed by atoms with Crippen LogP contribution in [0.5, 0.6) is 0 Å². The monoisotopic (exact) mass is 226 g/mol. The number of carbonyl (C=O) groups excluding carboxylic acids is 1. The first kappa shape index (κ1) is 13.5. The second-order valence-corrected chi connectivity index (χ2v) is 6.02. The van der Waals surface area contributed by atoms with Crippen molar-refractivity contribution in [1.82, 2.24) is 0 Å². The Morgan fingerprint density at radius 1 is 1.50 bits per heavy atom. The quantitative estimate of drug-likeness (QED) is 0.684. The lowest BCUT2D eigenvalue weighted by molar-refractivity contribution is -0.167. The molecule has 0 saturated heterocycles. The summed E-state index contributed by atoms with van der Waals surface area (Å²) in [6.45, 7) is 10.6. The minimum Gasteiger partial charge on any atom is -0.461 e. The van der Waals surface area contributed by atoms with Crippen molar-refractivity contribution in [2.75, 3.05) is 0 Å². The van der Waals surface area contributed by atoms with E-state index in [9.17, 15) is 4.79 Å². The molecule has 0 radical (unpaired) electrons. The summed E-state index contributed by atoms with van der Waals surface area (Å²) in [5.74, 6) is 0.510. The molecular weight excluding hydrogens is 200 g/mol. The van der Waals surface area contributed by atoms with E-state index in [0.717, 1.165) is 12.8 Å². The molecule has 1 rings (SSSR count). The second kappa shape index (κ2) is 5.20. The summed E-state index contributed by atoms with van der Waals surface area (Å²) >= 11 is 0. The van der Waals surface area contributed by atoms with Crippen molar-refractivity contribution in [3.05, 3.63) is 0 Å². The van der Waals surface area contributed by atoms with Gasteiger partial charge in [-0.15, -0.1) is 0 Å². The van der Waals surface area contributed by atoms with Crippen molar-refractivity contribution in [2.45, 2.75) is 66.4 Å². The molecule has 16 heavy (non-hydrogen) atoms. The molecule has 94 valence electrons. The molecule has 0 aromatic rings. The van der Waals surface area contributed by atoms with E-state index in [1.54, 1.807) is 0 Å². The SMILES string of the molecule is CCC(C)C(=O)OC1C(C)CCCC1(C)C. The van der Waals surface area contributed by atoms with Gasteiger partial charge in [-0.1, -0.05) is 41.0 Å². The molecule has 0 N–H and O–H groups in total. The first-order chi connectivity index (χ1) is 7.38. The van der Waals surface area contributed by atoms with E-state index in [2.05, 4.69) is 20.8 Å². The maximum atomic E-state index is 11.9. The van der Waals surface area contributed by atoms with Crippen LogP contribution in [0.1, 0.15) is 60.3 Å². The molecule has 2 nitrogen and oxygen atoms in total. The lowest BCUT2D eigenvalue weighted by Crippen LogP contribution is -2.42. The van der Waals surface area contributed by atoms with Gasteiger partial charge in [0.15, 0.2) is 0 Å². The fourth-order valence-electron chi connectivity index (χ4n) is 2.63. The van der Waals surface area contributed by atoms with Crippen molar-refractivity contribution < 1.29 is 9.53 Å². The van der Waals surface area contributed by atoms with Crippen LogP contribution in [0.25, 0.3) is 0 Å². The Morgan fingerprint density at radius 2 is 2.12 bits per heavy atom. The summed E-state index contributed by atoms with van der Waals surface area (Å²) in [5.41, 5.74) is 0.140. The van der Waals surface area contributed by atoms with Gasteiger partial charge in [0.05, 0.1) is 5.92 Å². The first-order valence-corrected chi connectivity index (χ1v) is 6.59. The van der Waals surface area contributed by atoms with Crippen LogP contribution in [-0.4, -0.2) is 12.1 Å². The molecule has 0 aromatic carbocycles. The molecule has 3 unspecified atom stereocenters. The standard InChI is InChI=1S/C14H26O2/c1-6-10(2)13(15)16-12-11(3)8-7-9-14(12,4)5/h10-12H,6-9H2,1-5H3. The third kappa shape index (κ3) is 2.99. The second-order valence-electron chi connectivity index (χ2n) is 6.02. The number of carbonyl (C=O) groups is 1. The Labute approximate surface area is 99.8 Å². The first-order valence-electron chi connectivity index (χ1n) is 6.59. The zero-order valence-corrected chi connectivity index (χ0v) is 11.4. The van der Waals surface area contributed by atoms with Crippen LogP contribution in [-0.2, 0) is 9.53 Å². The highest BCUT2D eigenvalue weighted by atomic mass is 16.5. The van der Waals surface area contributed by atoms with E-state index in [1.165, 1.54) is 12.8 Å². The largest absolute Gasteiger partial charge is 0.461 e. The summed E-state index contributed by atoms with van der Waals surface area (Å²) in [6, 6.07) is 0. The van der Waals surface area contributed by atoms with Crippen molar-refractivity contribution in [2.24, 2.45) is 17.3 Å². The number of rotatable bonds is 3. The van der Waals surface area contributed by atoms with E-state index >= 15 is 0 Å². The van der Waals surface area contributed by atoms with Gasteiger partial charge in [0.1, 0.15) is 6.10 Å². The van der Waals surface area contributed by atoms with Crippen LogP contribution >= 0.6 is 0 Å². The van der Waals surface area contributed by atoms with Crippen molar-refractivity contribution in [1.29, 1.82) is 0 Å². The third-order valence-corrected chi connectivity index (χ3v) is 4.03. The van der Waals surface area contributed by atoms with E-state index < -0.39 is 0 Å². The molecule has 1 saturated carbocycles. The van der Waals surface area contributed by atoms with Crippen molar-refractivity contribution >= 4 is 5.97 Å². The van der Waals surface area contributed by atoms with E-state index in [0.29, 0.717) is 5.92 Å². The van der Waals surface area contributed by atoms with Crippen LogP contribution in [0, 0.1) is 17.3 Å². The van der Waals surface area contributed by atoms with Crippen LogP contribution in [0.3, 0.4) is 0 Å². The van der Waals surface area contributed by atoms with Crippen molar-refractivity contribution in [3.8, 4) is 0 Å². The minimum absolute atomic E-state index is 0.0191. The highest BCUT2D eigenvalue weighted by Crippen LogP contribution is 2.41. The van der Waals surface area contributed by atoms with Crippen LogP contribution in [0.15, 0.2) is 0 Å². The predicted molar refractivity (Wildman–Crippen MR) is 66.1 cm³/mol. The lowest BCUT2D eigenvalue weighted by Gasteiger charge is -2.42. The van der Waals surface area contributed by atoms with Crippen LogP contribution in [0.4, 0.5) is 0 Å². The number of ether oxygens (including phenoxy) is 1. The molecule has 0 aromatic heterocycles. The summed E-state index contributed by atoms with van der Waals surface area (Å²) in [6.07, 6.45) is 4.56. The Kier molecular flexibility index (Phi) is 4.40. The summed E-state index contributed by atoms with van der Waals surface area (Å²) < 4.78 is 5.73. The molecule has 1 aliphatic rings. The highest BCUT2D eigenvalue weighted by molar-refractivity contribution is 5.72. The average molecular weight is 226 g/mol. The zero-order chi connectivity index (χ0) is 12.3. The Morgan fingerprint density at radius 3 is 2.62 bits per heavy atom. The topological polar surface area (TPSA) is 26.3 Å². The van der Waals surface area contributed by atoms with Crippen molar-refractivity contribution in [3.63, 3.8) is 0 Å². The van der Waals surface area contributed by atoms with Gasteiger partial charge in [-0.05, 0) is 25.2 Å². The smallest absolute Gasteiger partial charge is 0.308 e. The molecule has 0 bridgehead atoms. The predicted octanol–water partition coefficient (Wildman–Crippen LogP) is 3.79. The zero-order valence-electron chi connectivity index (χ0n) is 11.4. The van der Waals surface area contributed by atoms with Gasteiger partial charge in [-0.25, -0.2) is 0 Å². The van der Waals surface area contributed by atoms with Gasteiger partial charge >= 0.3 is 5.97 Å². The maximum Gasteiger partial charge on any atom is 0.308 e. The molecule has 1 fully saturated rings. The van der Waals surface area contributed by atoms with E-state index in [4.69, 9.17) is 4.74 Å². The van der Waals surface area contributed by atoms with Crippen LogP contribution < -0.4 is 0 Å². The molecule has 3 atom stereocenters. The Bertz CT molecular complexity index is 245. The van der Waals surface area contributed by atoms with Crippen LogP contribution in [0.2, 0.25) is 0 Å². The van der Waals surface area contributed by atoms with Gasteiger partial charge in [-0.2, -0.15) is 0 Å². The summed E-state index contributed by atoms with van der Waals surface area (Å²) in [5, 5.41) is 0. The van der Waals surface area contributed by atoms with Gasteiger partial charge < -0.3 is 4.74 Å². The normalized spacial score (nSPS) is 30.8. The Hall–Kier alpha value is -0.530. The third-order valence-electron chi connectivity index (χ3n) is 4.03. The molecule has 0 amide bonds. The lowest BCUT2D eigenvalue weighted by atomic mass is 9.70. The molecular formula is C14H26O2. The number of esters is 1. The Balaban J connectivity index is 2.65. The number of hydrogen-bond acceptors (Lipinski definition) is 2. The van der Waals surface area contributed by atoms with E-state index in [1.807, 2.05) is 13.8 Å². The fraction of sp³-hybridized carbons (Fsp3) is 0.929. The summed E-state index contributed by atoms with van der Waals surface area (Å²) in [4.78, 5) is 11.9. The summed E-state index contributed by atoms with van der Waals surface area (Å²) in [7, 11) is 0. The number of hydrogen-bond donors (Lipinski definition) is 0. The van der Waals surface area contributed by atoms with Gasteiger partial charge in [0.25, 0.3) is 0 Å². The molecule has 0 spiro atoms. The van der Waals surface area contributed by atoms with Gasteiger partial charge in [0.2, 0.25) is 0 Å². The maximum absolute atomic E-state index is 11.9. The molecule has 2 heteroatoms.